The van der Waals surface area contributed by atoms with Gasteiger partial charge in [0.25, 0.3) is 0 Å². The number of carbonyl (C=O) groups is 1. The van der Waals surface area contributed by atoms with Crippen molar-refractivity contribution in [3.8, 4) is 5.75 Å². The monoisotopic (exact) mass is 303 g/mol. The van der Waals surface area contributed by atoms with Gasteiger partial charge in [0, 0.05) is 24.9 Å². The fourth-order valence-electron chi connectivity index (χ4n) is 3.79. The molecule has 1 saturated carbocycles. The third-order valence-corrected chi connectivity index (χ3v) is 5.11. The highest BCUT2D eigenvalue weighted by molar-refractivity contribution is 5.79. The van der Waals surface area contributed by atoms with Gasteiger partial charge < -0.3 is 14.7 Å². The number of aliphatic hydroxyl groups excluding tert-OH is 1. The van der Waals surface area contributed by atoms with E-state index in [-0.39, 0.29) is 11.8 Å². The summed E-state index contributed by atoms with van der Waals surface area (Å²) in [5.74, 6) is 0.995. The standard InChI is InChI=1S/C18H25NO3/c1-22-16-9-7-13(8-10-16)18(21)14-11-17(20)19(12-14)15-5-3-2-4-6-15/h7-10,14-15,18,21H,2-6,11-12H2,1H3. The van der Waals surface area contributed by atoms with E-state index in [2.05, 4.69) is 0 Å². The lowest BCUT2D eigenvalue weighted by Crippen LogP contribution is -2.38. The summed E-state index contributed by atoms with van der Waals surface area (Å²) in [6.45, 7) is 0.691. The molecular weight excluding hydrogens is 278 g/mol. The molecule has 2 aliphatic rings. The van der Waals surface area contributed by atoms with Crippen molar-refractivity contribution in [1.82, 2.24) is 4.90 Å². The summed E-state index contributed by atoms with van der Waals surface area (Å²) >= 11 is 0. The number of aliphatic hydroxyl groups is 1. The molecule has 0 bridgehead atoms. The number of carbonyl (C=O) groups excluding carboxylic acids is 1. The van der Waals surface area contributed by atoms with Gasteiger partial charge in [-0.3, -0.25) is 4.79 Å². The number of amides is 1. The Kier molecular flexibility index (Phi) is 4.67. The van der Waals surface area contributed by atoms with Crippen molar-refractivity contribution in [2.75, 3.05) is 13.7 Å². The minimum atomic E-state index is -0.580. The van der Waals surface area contributed by atoms with E-state index < -0.39 is 6.10 Å². The maximum Gasteiger partial charge on any atom is 0.223 e. The lowest BCUT2D eigenvalue weighted by Gasteiger charge is -2.31. The molecule has 1 amide bonds. The van der Waals surface area contributed by atoms with Gasteiger partial charge >= 0.3 is 0 Å². The van der Waals surface area contributed by atoms with Crippen LogP contribution in [0, 0.1) is 5.92 Å². The molecule has 4 heteroatoms. The van der Waals surface area contributed by atoms with Crippen LogP contribution in [0.5, 0.6) is 5.75 Å². The first kappa shape index (κ1) is 15.3. The molecule has 2 atom stereocenters. The van der Waals surface area contributed by atoms with Crippen LogP contribution < -0.4 is 4.74 Å². The Labute approximate surface area is 132 Å². The minimum Gasteiger partial charge on any atom is -0.497 e. The van der Waals surface area contributed by atoms with Gasteiger partial charge in [-0.1, -0.05) is 31.4 Å². The van der Waals surface area contributed by atoms with Crippen LogP contribution in [0.4, 0.5) is 0 Å². The molecule has 2 fully saturated rings. The molecule has 1 saturated heterocycles. The van der Waals surface area contributed by atoms with Crippen LogP contribution in [0.1, 0.15) is 50.2 Å². The summed E-state index contributed by atoms with van der Waals surface area (Å²) in [6, 6.07) is 7.88. The Morgan fingerprint density at radius 1 is 1.18 bits per heavy atom. The van der Waals surface area contributed by atoms with Crippen LogP contribution in [0.25, 0.3) is 0 Å². The zero-order valence-electron chi connectivity index (χ0n) is 13.2. The van der Waals surface area contributed by atoms with Crippen molar-refractivity contribution < 1.29 is 14.6 Å². The molecule has 1 aliphatic heterocycles. The quantitative estimate of drug-likeness (QED) is 0.930. The molecule has 1 aromatic rings. The maximum atomic E-state index is 12.3. The van der Waals surface area contributed by atoms with Crippen LogP contribution in [0.2, 0.25) is 0 Å². The van der Waals surface area contributed by atoms with E-state index in [9.17, 15) is 9.90 Å². The molecule has 1 aliphatic carbocycles. The maximum absolute atomic E-state index is 12.3. The highest BCUT2D eigenvalue weighted by Crippen LogP contribution is 2.35. The zero-order chi connectivity index (χ0) is 15.5. The van der Waals surface area contributed by atoms with Crippen molar-refractivity contribution in [3.05, 3.63) is 29.8 Å². The second-order valence-electron chi connectivity index (χ2n) is 6.52. The van der Waals surface area contributed by atoms with Crippen molar-refractivity contribution >= 4 is 5.91 Å². The Bertz CT molecular complexity index is 508. The van der Waals surface area contributed by atoms with Gasteiger partial charge in [-0.15, -0.1) is 0 Å². The third kappa shape index (κ3) is 3.12. The number of nitrogens with zero attached hydrogens (tertiary/aromatic N) is 1. The summed E-state index contributed by atoms with van der Waals surface area (Å²) in [5, 5.41) is 10.6. The van der Waals surface area contributed by atoms with E-state index in [0.29, 0.717) is 19.0 Å². The number of ether oxygens (including phenoxy) is 1. The molecule has 2 unspecified atom stereocenters. The fraction of sp³-hybridized carbons (Fsp3) is 0.611. The van der Waals surface area contributed by atoms with Gasteiger partial charge in [0.15, 0.2) is 0 Å². The lowest BCUT2D eigenvalue weighted by atomic mass is 9.93. The van der Waals surface area contributed by atoms with Crippen LogP contribution in [-0.4, -0.2) is 35.6 Å². The van der Waals surface area contributed by atoms with Gasteiger partial charge in [0.1, 0.15) is 5.75 Å². The molecule has 0 spiro atoms. The van der Waals surface area contributed by atoms with E-state index in [0.717, 1.165) is 24.2 Å². The fourth-order valence-corrected chi connectivity index (χ4v) is 3.79. The summed E-state index contributed by atoms with van der Waals surface area (Å²) in [6.07, 6.45) is 5.86. The second kappa shape index (κ2) is 6.69. The topological polar surface area (TPSA) is 49.8 Å². The number of likely N-dealkylation sites (tertiary alicyclic amines) is 1. The summed E-state index contributed by atoms with van der Waals surface area (Å²) in [5.41, 5.74) is 0.865. The lowest BCUT2D eigenvalue weighted by molar-refractivity contribution is -0.130. The Hall–Kier alpha value is -1.55. The first-order valence-corrected chi connectivity index (χ1v) is 8.30. The highest BCUT2D eigenvalue weighted by atomic mass is 16.5. The largest absolute Gasteiger partial charge is 0.497 e. The van der Waals surface area contributed by atoms with Crippen LogP contribution in [-0.2, 0) is 4.79 Å². The zero-order valence-corrected chi connectivity index (χ0v) is 13.2. The molecule has 1 aromatic carbocycles. The van der Waals surface area contributed by atoms with Crippen LogP contribution in [0.15, 0.2) is 24.3 Å². The molecule has 0 aromatic heterocycles. The van der Waals surface area contributed by atoms with Crippen molar-refractivity contribution in [2.24, 2.45) is 5.92 Å². The predicted molar refractivity (Wildman–Crippen MR) is 84.6 cm³/mol. The number of hydrogen-bond acceptors (Lipinski definition) is 3. The van der Waals surface area contributed by atoms with E-state index in [1.807, 2.05) is 29.2 Å². The molecule has 120 valence electrons. The predicted octanol–water partition coefficient (Wildman–Crippen LogP) is 2.91. The summed E-state index contributed by atoms with van der Waals surface area (Å²) in [7, 11) is 1.63. The van der Waals surface area contributed by atoms with E-state index >= 15 is 0 Å². The van der Waals surface area contributed by atoms with Crippen molar-refractivity contribution in [1.29, 1.82) is 0 Å². The van der Waals surface area contributed by atoms with Gasteiger partial charge in [0.05, 0.1) is 13.2 Å². The normalized spacial score (nSPS) is 24.5. The molecule has 1 heterocycles. The number of methoxy groups -OCH3 is 1. The molecule has 4 nitrogen and oxygen atoms in total. The first-order chi connectivity index (χ1) is 10.7. The molecule has 3 rings (SSSR count). The van der Waals surface area contributed by atoms with E-state index in [4.69, 9.17) is 4.74 Å². The second-order valence-corrected chi connectivity index (χ2v) is 6.52. The Morgan fingerprint density at radius 2 is 1.86 bits per heavy atom. The average molecular weight is 303 g/mol. The molecular formula is C18H25NO3. The number of benzene rings is 1. The molecule has 22 heavy (non-hydrogen) atoms. The highest BCUT2D eigenvalue weighted by Gasteiger charge is 2.38. The van der Waals surface area contributed by atoms with Gasteiger partial charge in [-0.25, -0.2) is 0 Å². The number of rotatable bonds is 4. The summed E-state index contributed by atoms with van der Waals surface area (Å²) in [4.78, 5) is 14.3. The third-order valence-electron chi connectivity index (χ3n) is 5.11. The van der Waals surface area contributed by atoms with Crippen molar-refractivity contribution in [2.45, 2.75) is 50.7 Å². The van der Waals surface area contributed by atoms with E-state index in [1.165, 1.54) is 19.3 Å². The first-order valence-electron chi connectivity index (χ1n) is 8.30. The average Bonchev–Trinajstić information content (AvgIpc) is 2.97. The Balaban J connectivity index is 1.65. The van der Waals surface area contributed by atoms with E-state index in [1.54, 1.807) is 7.11 Å². The van der Waals surface area contributed by atoms with Gasteiger partial charge in [-0.05, 0) is 30.5 Å². The SMILES string of the molecule is COc1ccc(C(O)C2CC(=O)N(C3CCCCC3)C2)cc1. The molecule has 1 N–H and O–H groups in total. The van der Waals surface area contributed by atoms with Crippen molar-refractivity contribution in [3.63, 3.8) is 0 Å². The van der Waals surface area contributed by atoms with Gasteiger partial charge in [0.2, 0.25) is 5.91 Å². The van der Waals surface area contributed by atoms with Crippen LogP contribution >= 0.6 is 0 Å². The minimum absolute atomic E-state index is 0.00261. The van der Waals surface area contributed by atoms with Crippen LogP contribution in [0.3, 0.4) is 0 Å². The number of hydrogen-bond donors (Lipinski definition) is 1. The molecule has 0 radical (unpaired) electrons. The smallest absolute Gasteiger partial charge is 0.223 e. The van der Waals surface area contributed by atoms with Gasteiger partial charge in [-0.2, -0.15) is 0 Å². The Morgan fingerprint density at radius 3 is 2.50 bits per heavy atom. The summed E-state index contributed by atoms with van der Waals surface area (Å²) < 4.78 is 5.14.